The van der Waals surface area contributed by atoms with E-state index in [4.69, 9.17) is 5.73 Å². The Bertz CT molecular complexity index is 476. The summed E-state index contributed by atoms with van der Waals surface area (Å²) in [6.45, 7) is 7.37. The molecule has 2 heterocycles. The molecule has 2 amide bonds. The molecule has 0 bridgehead atoms. The van der Waals surface area contributed by atoms with E-state index in [1.807, 2.05) is 16.7 Å². The van der Waals surface area contributed by atoms with Gasteiger partial charge in [-0.25, -0.2) is 0 Å². The normalized spacial score (nSPS) is 29.7. The molecule has 1 aliphatic carbocycles. The summed E-state index contributed by atoms with van der Waals surface area (Å²) in [4.78, 5) is 31.2. The van der Waals surface area contributed by atoms with Crippen molar-refractivity contribution in [1.82, 2.24) is 14.7 Å². The fourth-order valence-corrected chi connectivity index (χ4v) is 4.37. The molecule has 0 aromatic heterocycles. The number of halogens is 2. The van der Waals surface area contributed by atoms with Crippen LogP contribution >= 0.6 is 24.8 Å². The highest BCUT2D eigenvalue weighted by molar-refractivity contribution is 5.85. The van der Waals surface area contributed by atoms with Gasteiger partial charge < -0.3 is 15.5 Å². The third-order valence-corrected chi connectivity index (χ3v) is 6.05. The molecule has 3 rings (SSSR count). The first kappa shape index (κ1) is 23.5. The molecule has 0 spiro atoms. The van der Waals surface area contributed by atoms with Gasteiger partial charge in [0.15, 0.2) is 0 Å². The summed E-state index contributed by atoms with van der Waals surface area (Å²) in [5, 5.41) is 0. The smallest absolute Gasteiger partial charge is 0.236 e. The van der Waals surface area contributed by atoms with Crippen LogP contribution in [0.4, 0.5) is 0 Å². The van der Waals surface area contributed by atoms with Gasteiger partial charge >= 0.3 is 0 Å². The predicted octanol–water partition coefficient (Wildman–Crippen LogP) is 1.50. The van der Waals surface area contributed by atoms with Crippen LogP contribution in [-0.4, -0.2) is 77.9 Å². The minimum atomic E-state index is -0.363. The Balaban J connectivity index is 0.00000169. The SMILES string of the molecule is CC1(N)CCCCC1C(=O)N1CCN(CC(=O)N2CCCC2)CC1.Cl.Cl. The van der Waals surface area contributed by atoms with Crippen LogP contribution < -0.4 is 5.73 Å². The molecule has 0 aromatic carbocycles. The molecule has 2 unspecified atom stereocenters. The maximum absolute atomic E-state index is 12.9. The summed E-state index contributed by atoms with van der Waals surface area (Å²) in [5.41, 5.74) is 6.02. The summed E-state index contributed by atoms with van der Waals surface area (Å²) < 4.78 is 0. The summed E-state index contributed by atoms with van der Waals surface area (Å²) in [5.74, 6) is 0.434. The van der Waals surface area contributed by atoms with E-state index < -0.39 is 0 Å². The Morgan fingerprint density at radius 1 is 0.923 bits per heavy atom. The monoisotopic (exact) mass is 408 g/mol. The zero-order chi connectivity index (χ0) is 17.2. The molecule has 2 N–H and O–H groups in total. The van der Waals surface area contributed by atoms with E-state index in [1.165, 1.54) is 0 Å². The van der Waals surface area contributed by atoms with Gasteiger partial charge in [0.05, 0.1) is 12.5 Å². The van der Waals surface area contributed by atoms with Gasteiger partial charge in [0, 0.05) is 44.8 Å². The fourth-order valence-electron chi connectivity index (χ4n) is 4.37. The number of nitrogens with zero attached hydrogens (tertiary/aromatic N) is 3. The first-order chi connectivity index (χ1) is 11.5. The Hall–Kier alpha value is -0.560. The second kappa shape index (κ2) is 10.1. The van der Waals surface area contributed by atoms with Crippen LogP contribution in [0.1, 0.15) is 45.4 Å². The van der Waals surface area contributed by atoms with Crippen LogP contribution in [0.3, 0.4) is 0 Å². The van der Waals surface area contributed by atoms with E-state index in [9.17, 15) is 9.59 Å². The summed E-state index contributed by atoms with van der Waals surface area (Å²) in [6.07, 6.45) is 6.35. The van der Waals surface area contributed by atoms with Gasteiger partial charge in [-0.05, 0) is 32.6 Å². The number of carbonyl (C=O) groups is 2. The highest BCUT2D eigenvalue weighted by atomic mass is 35.5. The molecule has 152 valence electrons. The van der Waals surface area contributed by atoms with Gasteiger partial charge in [-0.15, -0.1) is 24.8 Å². The third kappa shape index (κ3) is 5.47. The number of hydrogen-bond acceptors (Lipinski definition) is 4. The van der Waals surface area contributed by atoms with Crippen molar-refractivity contribution >= 4 is 36.6 Å². The maximum atomic E-state index is 12.9. The van der Waals surface area contributed by atoms with E-state index >= 15 is 0 Å². The van der Waals surface area contributed by atoms with Crippen LogP contribution in [-0.2, 0) is 9.59 Å². The minimum absolute atomic E-state index is 0. The number of likely N-dealkylation sites (tertiary alicyclic amines) is 1. The molecular formula is C18H34Cl2N4O2. The van der Waals surface area contributed by atoms with Crippen molar-refractivity contribution in [2.45, 2.75) is 51.0 Å². The van der Waals surface area contributed by atoms with Crippen LogP contribution in [0.15, 0.2) is 0 Å². The molecule has 2 aliphatic heterocycles. The van der Waals surface area contributed by atoms with Crippen molar-refractivity contribution in [3.63, 3.8) is 0 Å². The van der Waals surface area contributed by atoms with Crippen LogP contribution in [0, 0.1) is 5.92 Å². The lowest BCUT2D eigenvalue weighted by Gasteiger charge is -2.42. The highest BCUT2D eigenvalue weighted by Gasteiger charge is 2.40. The van der Waals surface area contributed by atoms with E-state index in [1.54, 1.807) is 0 Å². The summed E-state index contributed by atoms with van der Waals surface area (Å²) in [6, 6.07) is 0. The summed E-state index contributed by atoms with van der Waals surface area (Å²) >= 11 is 0. The van der Waals surface area contributed by atoms with Gasteiger partial charge in [0.2, 0.25) is 11.8 Å². The van der Waals surface area contributed by atoms with Gasteiger partial charge in [-0.1, -0.05) is 12.8 Å². The molecule has 3 fully saturated rings. The van der Waals surface area contributed by atoms with Crippen LogP contribution in [0.2, 0.25) is 0 Å². The molecule has 0 radical (unpaired) electrons. The lowest BCUT2D eigenvalue weighted by molar-refractivity contribution is -0.141. The molecule has 2 atom stereocenters. The third-order valence-electron chi connectivity index (χ3n) is 6.05. The predicted molar refractivity (Wildman–Crippen MR) is 108 cm³/mol. The number of nitrogens with two attached hydrogens (primary N) is 1. The lowest BCUT2D eigenvalue weighted by atomic mass is 9.74. The number of amides is 2. The first-order valence-electron chi connectivity index (χ1n) is 9.55. The van der Waals surface area contributed by atoms with Crippen molar-refractivity contribution in [2.75, 3.05) is 45.8 Å². The van der Waals surface area contributed by atoms with Crippen LogP contribution in [0.5, 0.6) is 0 Å². The average Bonchev–Trinajstić information content (AvgIpc) is 3.09. The molecule has 2 saturated heterocycles. The molecule has 3 aliphatic rings. The topological polar surface area (TPSA) is 69.9 Å². The quantitative estimate of drug-likeness (QED) is 0.767. The van der Waals surface area contributed by atoms with Crippen LogP contribution in [0.25, 0.3) is 0 Å². The molecule has 26 heavy (non-hydrogen) atoms. The number of rotatable bonds is 3. The van der Waals surface area contributed by atoms with Gasteiger partial charge in [-0.2, -0.15) is 0 Å². The Morgan fingerprint density at radius 2 is 1.54 bits per heavy atom. The summed E-state index contributed by atoms with van der Waals surface area (Å²) in [7, 11) is 0. The molecule has 6 nitrogen and oxygen atoms in total. The zero-order valence-electron chi connectivity index (χ0n) is 15.8. The van der Waals surface area contributed by atoms with Crippen molar-refractivity contribution in [1.29, 1.82) is 0 Å². The Morgan fingerprint density at radius 3 is 2.12 bits per heavy atom. The van der Waals surface area contributed by atoms with E-state index in [0.29, 0.717) is 6.54 Å². The van der Waals surface area contributed by atoms with Crippen molar-refractivity contribution in [3.05, 3.63) is 0 Å². The van der Waals surface area contributed by atoms with E-state index in [0.717, 1.165) is 77.8 Å². The average molecular weight is 409 g/mol. The van der Waals surface area contributed by atoms with Crippen molar-refractivity contribution in [3.8, 4) is 0 Å². The fraction of sp³-hybridized carbons (Fsp3) is 0.889. The largest absolute Gasteiger partial charge is 0.342 e. The standard InChI is InChI=1S/C18H32N4O2.2ClH/c1-18(19)7-3-2-6-15(18)17(24)22-12-10-20(11-13-22)14-16(23)21-8-4-5-9-21;;/h15H,2-14,19H2,1H3;2*1H. The number of hydrogen-bond donors (Lipinski definition) is 1. The van der Waals surface area contributed by atoms with E-state index in [2.05, 4.69) is 4.90 Å². The molecule has 8 heteroatoms. The van der Waals surface area contributed by atoms with Gasteiger partial charge in [0.25, 0.3) is 0 Å². The second-order valence-electron chi connectivity index (χ2n) is 7.99. The molecule has 1 saturated carbocycles. The highest BCUT2D eigenvalue weighted by Crippen LogP contribution is 2.33. The van der Waals surface area contributed by atoms with Gasteiger partial charge in [0.1, 0.15) is 0 Å². The molecular weight excluding hydrogens is 375 g/mol. The Labute approximate surface area is 169 Å². The zero-order valence-corrected chi connectivity index (χ0v) is 17.5. The minimum Gasteiger partial charge on any atom is -0.342 e. The maximum Gasteiger partial charge on any atom is 0.236 e. The van der Waals surface area contributed by atoms with Crippen molar-refractivity contribution < 1.29 is 9.59 Å². The number of carbonyl (C=O) groups excluding carboxylic acids is 2. The molecule has 0 aromatic rings. The second-order valence-corrected chi connectivity index (χ2v) is 7.99. The first-order valence-corrected chi connectivity index (χ1v) is 9.55. The van der Waals surface area contributed by atoms with E-state index in [-0.39, 0.29) is 48.1 Å². The lowest BCUT2D eigenvalue weighted by Crippen LogP contribution is -2.57. The van der Waals surface area contributed by atoms with Crippen molar-refractivity contribution in [2.24, 2.45) is 11.7 Å². The number of piperazine rings is 1. The Kier molecular flexibility index (Phi) is 9.13. The van der Waals surface area contributed by atoms with Gasteiger partial charge in [-0.3, -0.25) is 14.5 Å².